The predicted octanol–water partition coefficient (Wildman–Crippen LogP) is 4.81. The van der Waals surface area contributed by atoms with Gasteiger partial charge in [0.05, 0.1) is 54.4 Å². The Morgan fingerprint density at radius 2 is 0.567 bits per heavy atom. The predicted molar refractivity (Wildman–Crippen MR) is 134 cm³/mol. The van der Waals surface area contributed by atoms with E-state index in [4.69, 9.17) is 0 Å². The van der Waals surface area contributed by atoms with E-state index in [9.17, 15) is 0 Å². The summed E-state index contributed by atoms with van der Waals surface area (Å²) in [6.07, 6.45) is 24.3. The molecular formula is C27H60BrN2+. The fourth-order valence-corrected chi connectivity index (χ4v) is 4.50. The van der Waals surface area contributed by atoms with Crippen molar-refractivity contribution in [3.8, 4) is 0 Å². The van der Waals surface area contributed by atoms with E-state index in [1.54, 1.807) is 0 Å². The third-order valence-electron chi connectivity index (χ3n) is 6.76. The van der Waals surface area contributed by atoms with Crippen molar-refractivity contribution in [1.29, 1.82) is 0 Å². The van der Waals surface area contributed by atoms with Crippen LogP contribution in [-0.2, 0) is 0 Å². The summed E-state index contributed by atoms with van der Waals surface area (Å²) in [6.45, 7) is 10.0. The molecule has 0 heterocycles. The number of quaternary nitrogens is 2. The first-order valence-corrected chi connectivity index (χ1v) is 13.5. The second-order valence-corrected chi connectivity index (χ2v) is 11.1. The quantitative estimate of drug-likeness (QED) is 0.150. The zero-order valence-corrected chi connectivity index (χ0v) is 23.7. The summed E-state index contributed by atoms with van der Waals surface area (Å²) in [5, 5.41) is 0. The fourth-order valence-electron chi connectivity index (χ4n) is 4.50. The molecule has 0 aliphatic heterocycles. The molecule has 0 unspecified atom stereocenters. The molecule has 0 aromatic carbocycles. The van der Waals surface area contributed by atoms with Gasteiger partial charge in [-0.1, -0.05) is 90.9 Å². The van der Waals surface area contributed by atoms with Gasteiger partial charge in [0.15, 0.2) is 0 Å². The Kier molecular flexibility index (Phi) is 23.1. The number of halogens is 1. The van der Waals surface area contributed by atoms with Crippen molar-refractivity contribution < 1.29 is 25.9 Å². The SMILES string of the molecule is CCCCCCCCCC[N+](C)(C)CCC[N+](C)(C)CCCCCCCCCC.[Br-]. The minimum Gasteiger partial charge on any atom is -1.00 e. The van der Waals surface area contributed by atoms with Gasteiger partial charge in [-0.15, -0.1) is 0 Å². The summed E-state index contributed by atoms with van der Waals surface area (Å²) in [6, 6.07) is 0. The van der Waals surface area contributed by atoms with Gasteiger partial charge in [0.1, 0.15) is 0 Å². The zero-order valence-electron chi connectivity index (χ0n) is 22.1. The first-order valence-electron chi connectivity index (χ1n) is 13.5. The maximum Gasteiger partial charge on any atom is 0.0836 e. The fraction of sp³-hybridized carbons (Fsp3) is 1.00. The van der Waals surface area contributed by atoms with Crippen LogP contribution in [0.2, 0.25) is 0 Å². The highest BCUT2D eigenvalue weighted by Crippen LogP contribution is 2.13. The normalized spacial score (nSPS) is 12.2. The van der Waals surface area contributed by atoms with E-state index in [2.05, 4.69) is 42.0 Å². The minimum absolute atomic E-state index is 0. The first kappa shape index (κ1) is 32.6. The van der Waals surface area contributed by atoms with Gasteiger partial charge in [-0.3, -0.25) is 0 Å². The topological polar surface area (TPSA) is 0 Å². The van der Waals surface area contributed by atoms with Crippen molar-refractivity contribution in [2.24, 2.45) is 0 Å². The molecule has 30 heavy (non-hydrogen) atoms. The van der Waals surface area contributed by atoms with Crippen molar-refractivity contribution in [1.82, 2.24) is 0 Å². The van der Waals surface area contributed by atoms with Crippen LogP contribution in [0.25, 0.3) is 0 Å². The monoisotopic (exact) mass is 491 g/mol. The standard InChI is InChI=1S/C27H60N2.BrH/c1-7-9-11-13-15-17-19-21-24-28(3,4)26-23-27-29(5,6)25-22-20-18-16-14-12-10-8-2;/h7-27H2,1-6H3;1H/q+2;/p-1. The van der Waals surface area contributed by atoms with Crippen LogP contribution in [0.1, 0.15) is 123 Å². The van der Waals surface area contributed by atoms with Crippen LogP contribution in [0.3, 0.4) is 0 Å². The maximum atomic E-state index is 2.44. The highest BCUT2D eigenvalue weighted by molar-refractivity contribution is 4.48. The van der Waals surface area contributed by atoms with Crippen molar-refractivity contribution in [2.75, 3.05) is 54.4 Å². The van der Waals surface area contributed by atoms with Gasteiger partial charge in [0.2, 0.25) is 0 Å². The summed E-state index contributed by atoms with van der Waals surface area (Å²) in [5.74, 6) is 0. The van der Waals surface area contributed by atoms with E-state index < -0.39 is 0 Å². The van der Waals surface area contributed by atoms with Crippen molar-refractivity contribution in [3.63, 3.8) is 0 Å². The lowest BCUT2D eigenvalue weighted by molar-refractivity contribution is -0.909. The lowest BCUT2D eigenvalue weighted by atomic mass is 10.1. The Morgan fingerprint density at radius 1 is 0.333 bits per heavy atom. The van der Waals surface area contributed by atoms with Crippen LogP contribution in [0.15, 0.2) is 0 Å². The van der Waals surface area contributed by atoms with Gasteiger partial charge in [-0.2, -0.15) is 0 Å². The smallest absolute Gasteiger partial charge is 0.0836 e. The van der Waals surface area contributed by atoms with Crippen LogP contribution in [0.5, 0.6) is 0 Å². The molecule has 184 valence electrons. The van der Waals surface area contributed by atoms with Gasteiger partial charge in [-0.25, -0.2) is 0 Å². The van der Waals surface area contributed by atoms with E-state index >= 15 is 0 Å². The lowest BCUT2D eigenvalue weighted by Gasteiger charge is -2.33. The molecule has 0 bridgehead atoms. The summed E-state index contributed by atoms with van der Waals surface area (Å²) >= 11 is 0. The third kappa shape index (κ3) is 23.1. The van der Waals surface area contributed by atoms with Gasteiger partial charge >= 0.3 is 0 Å². The van der Waals surface area contributed by atoms with Gasteiger partial charge < -0.3 is 25.9 Å². The minimum atomic E-state index is 0. The molecule has 0 atom stereocenters. The van der Waals surface area contributed by atoms with E-state index in [0.717, 1.165) is 0 Å². The molecular weight excluding hydrogens is 432 g/mol. The molecule has 0 fully saturated rings. The van der Waals surface area contributed by atoms with Crippen LogP contribution in [0, 0.1) is 0 Å². The molecule has 0 aromatic heterocycles. The van der Waals surface area contributed by atoms with Crippen LogP contribution >= 0.6 is 0 Å². The van der Waals surface area contributed by atoms with E-state index in [1.807, 2.05) is 0 Å². The van der Waals surface area contributed by atoms with Gasteiger partial charge in [-0.05, 0) is 25.7 Å². The number of rotatable bonds is 22. The highest BCUT2D eigenvalue weighted by atomic mass is 79.9. The Bertz CT molecular complexity index is 310. The maximum absolute atomic E-state index is 2.44. The van der Waals surface area contributed by atoms with Crippen LogP contribution < -0.4 is 17.0 Å². The molecule has 0 saturated carbocycles. The number of hydrogen-bond donors (Lipinski definition) is 0. The molecule has 0 amide bonds. The molecule has 3 heteroatoms. The second-order valence-electron chi connectivity index (χ2n) is 11.1. The van der Waals surface area contributed by atoms with Crippen molar-refractivity contribution in [2.45, 2.75) is 123 Å². The van der Waals surface area contributed by atoms with Crippen molar-refractivity contribution >= 4 is 0 Å². The lowest BCUT2D eigenvalue weighted by Crippen LogP contribution is -3.00. The van der Waals surface area contributed by atoms with E-state index in [1.165, 1.54) is 144 Å². The van der Waals surface area contributed by atoms with Crippen LogP contribution in [0.4, 0.5) is 0 Å². The summed E-state index contributed by atoms with van der Waals surface area (Å²) in [4.78, 5) is 0. The van der Waals surface area contributed by atoms with E-state index in [-0.39, 0.29) is 17.0 Å². The average molecular weight is 493 g/mol. The van der Waals surface area contributed by atoms with Crippen LogP contribution in [-0.4, -0.2) is 63.3 Å². The number of unbranched alkanes of at least 4 members (excludes halogenated alkanes) is 14. The highest BCUT2D eigenvalue weighted by Gasteiger charge is 2.19. The van der Waals surface area contributed by atoms with Gasteiger partial charge in [0.25, 0.3) is 0 Å². The Morgan fingerprint density at radius 3 is 0.867 bits per heavy atom. The molecule has 0 saturated heterocycles. The third-order valence-corrected chi connectivity index (χ3v) is 6.76. The zero-order chi connectivity index (χ0) is 21.8. The molecule has 0 rings (SSSR count). The summed E-state index contributed by atoms with van der Waals surface area (Å²) < 4.78 is 2.43. The molecule has 0 aromatic rings. The average Bonchev–Trinajstić information content (AvgIpc) is 2.65. The molecule has 0 spiro atoms. The second kappa shape index (κ2) is 21.3. The number of hydrogen-bond acceptors (Lipinski definition) is 0. The van der Waals surface area contributed by atoms with Gasteiger partial charge in [0, 0.05) is 6.42 Å². The molecule has 0 N–H and O–H groups in total. The summed E-state index contributed by atoms with van der Waals surface area (Å²) in [5.41, 5.74) is 0. The van der Waals surface area contributed by atoms with E-state index in [0.29, 0.717) is 0 Å². The first-order chi connectivity index (χ1) is 13.8. The Labute approximate surface area is 203 Å². The molecule has 0 aliphatic rings. The summed E-state index contributed by atoms with van der Waals surface area (Å²) in [7, 11) is 9.78. The van der Waals surface area contributed by atoms with Crippen molar-refractivity contribution in [3.05, 3.63) is 0 Å². The number of nitrogens with zero attached hydrogens (tertiary/aromatic N) is 2. The Hall–Kier alpha value is 0.400. The largest absolute Gasteiger partial charge is 1.00 e. The molecule has 2 nitrogen and oxygen atoms in total. The molecule has 0 aliphatic carbocycles. The molecule has 0 radical (unpaired) electrons. The Balaban J connectivity index is 0.